The number of hydrogen-bond donors (Lipinski definition) is 3. The molecule has 0 bridgehead atoms. The molecule has 1 aliphatic rings. The van der Waals surface area contributed by atoms with Crippen molar-refractivity contribution in [3.05, 3.63) is 52.6 Å². The van der Waals surface area contributed by atoms with Gasteiger partial charge in [-0.1, -0.05) is 32.0 Å². The summed E-state index contributed by atoms with van der Waals surface area (Å²) in [4.78, 5) is 50.6. The predicted molar refractivity (Wildman–Crippen MR) is 135 cm³/mol. The van der Waals surface area contributed by atoms with Crippen molar-refractivity contribution in [2.24, 2.45) is 5.92 Å². The fraction of sp³-hybridized carbons (Fsp3) is 0.480. The van der Waals surface area contributed by atoms with Crippen LogP contribution in [0, 0.1) is 5.92 Å². The number of aromatic nitrogens is 4. The van der Waals surface area contributed by atoms with Gasteiger partial charge in [-0.25, -0.2) is 9.78 Å². The van der Waals surface area contributed by atoms with E-state index in [1.807, 2.05) is 13.8 Å². The highest BCUT2D eigenvalue weighted by Crippen LogP contribution is 2.31. The van der Waals surface area contributed by atoms with E-state index < -0.39 is 30.0 Å². The Morgan fingerprint density at radius 1 is 1.27 bits per heavy atom. The quantitative estimate of drug-likeness (QED) is 0.382. The Balaban J connectivity index is 1.65. The third-order valence-electron chi connectivity index (χ3n) is 6.27. The molecule has 3 heterocycles. The number of ether oxygens (including phenoxy) is 2. The molecule has 1 saturated heterocycles. The molecule has 12 nitrogen and oxygen atoms in total. The number of fused-ring (bicyclic) bond motifs is 1. The summed E-state index contributed by atoms with van der Waals surface area (Å²) in [5, 5.41) is 13.0. The van der Waals surface area contributed by atoms with Gasteiger partial charge in [0, 0.05) is 25.0 Å². The van der Waals surface area contributed by atoms with Crippen LogP contribution in [0.3, 0.4) is 0 Å². The van der Waals surface area contributed by atoms with Gasteiger partial charge in [0.25, 0.3) is 5.56 Å². The van der Waals surface area contributed by atoms with Crippen molar-refractivity contribution in [3.63, 3.8) is 0 Å². The highest BCUT2D eigenvalue weighted by molar-refractivity contribution is 5.91. The van der Waals surface area contributed by atoms with Crippen LogP contribution < -0.4 is 10.9 Å². The lowest BCUT2D eigenvalue weighted by Crippen LogP contribution is -2.60. The van der Waals surface area contributed by atoms with E-state index in [0.717, 1.165) is 0 Å². The van der Waals surface area contributed by atoms with E-state index >= 15 is 0 Å². The van der Waals surface area contributed by atoms with Crippen LogP contribution >= 0.6 is 0 Å². The third-order valence-corrected chi connectivity index (χ3v) is 6.27. The Morgan fingerprint density at radius 3 is 2.65 bits per heavy atom. The summed E-state index contributed by atoms with van der Waals surface area (Å²) in [6, 6.07) is 8.65. The number of H-pyrrole nitrogens is 1. The minimum atomic E-state index is -1.23. The fourth-order valence-corrected chi connectivity index (χ4v) is 4.06. The van der Waals surface area contributed by atoms with E-state index in [2.05, 4.69) is 25.2 Å². The first-order chi connectivity index (χ1) is 17.6. The van der Waals surface area contributed by atoms with Crippen LogP contribution in [0.4, 0.5) is 5.95 Å². The molecule has 0 aliphatic carbocycles. The number of esters is 1. The number of benzene rings is 1. The van der Waals surface area contributed by atoms with E-state index in [1.54, 1.807) is 48.7 Å². The van der Waals surface area contributed by atoms with Crippen LogP contribution in [-0.2, 0) is 14.3 Å². The second kappa shape index (κ2) is 10.8. The SMILES string of the molecule is CC(C)C(=O)Nc1nc2c(ncn2[C@H]2CN(C(C)C)C[C@@](CO)(COC(=O)c3ccccc3)O2)c(=O)[nH]1. The summed E-state index contributed by atoms with van der Waals surface area (Å²) in [6.45, 7) is 7.59. The Morgan fingerprint density at radius 2 is 2.00 bits per heavy atom. The molecule has 198 valence electrons. The van der Waals surface area contributed by atoms with E-state index in [9.17, 15) is 19.5 Å². The molecule has 0 saturated carbocycles. The number of imidazole rings is 1. The standard InChI is InChI=1S/C25H32N6O6/c1-15(2)21(33)28-24-27-20-19(22(34)29-24)26-14-31(20)18-10-30(16(3)4)11-25(12-32,37-18)13-36-23(35)17-8-6-5-7-9-17/h5-9,14-16,18,32H,10-13H2,1-4H3,(H2,27,28,29,33,34)/t18-,25-/m1/s1. The van der Waals surface area contributed by atoms with E-state index in [0.29, 0.717) is 18.7 Å². The van der Waals surface area contributed by atoms with Gasteiger partial charge in [-0.3, -0.25) is 29.4 Å². The molecule has 1 amide bonds. The molecule has 1 fully saturated rings. The number of aliphatic hydroxyl groups excluding tert-OH is 1. The molecular weight excluding hydrogens is 480 g/mol. The van der Waals surface area contributed by atoms with Gasteiger partial charge in [-0.05, 0) is 26.0 Å². The Kier molecular flexibility index (Phi) is 7.71. The van der Waals surface area contributed by atoms with Crippen LogP contribution in [-0.4, -0.2) is 79.3 Å². The summed E-state index contributed by atoms with van der Waals surface area (Å²) >= 11 is 0. The number of anilines is 1. The minimum Gasteiger partial charge on any atom is -0.459 e. The van der Waals surface area contributed by atoms with Crippen molar-refractivity contribution in [2.75, 3.05) is 31.6 Å². The zero-order valence-electron chi connectivity index (χ0n) is 21.3. The zero-order valence-corrected chi connectivity index (χ0v) is 21.3. The van der Waals surface area contributed by atoms with Gasteiger partial charge >= 0.3 is 5.97 Å². The van der Waals surface area contributed by atoms with Crippen molar-refractivity contribution in [2.45, 2.75) is 45.6 Å². The normalized spacial score (nSPS) is 20.5. The van der Waals surface area contributed by atoms with Gasteiger partial charge < -0.3 is 14.6 Å². The number of aromatic amines is 1. The zero-order chi connectivity index (χ0) is 26.7. The van der Waals surface area contributed by atoms with Gasteiger partial charge in [0.2, 0.25) is 11.9 Å². The van der Waals surface area contributed by atoms with Crippen LogP contribution in [0.25, 0.3) is 11.2 Å². The van der Waals surface area contributed by atoms with Crippen LogP contribution in [0.1, 0.15) is 44.3 Å². The van der Waals surface area contributed by atoms with Crippen molar-refractivity contribution in [1.82, 2.24) is 24.4 Å². The maximum atomic E-state index is 12.6. The Labute approximate surface area is 213 Å². The Bertz CT molecular complexity index is 1320. The fourth-order valence-electron chi connectivity index (χ4n) is 4.06. The number of amides is 1. The van der Waals surface area contributed by atoms with Gasteiger partial charge in [-0.15, -0.1) is 0 Å². The topological polar surface area (TPSA) is 152 Å². The molecule has 3 aromatic rings. The molecule has 0 unspecified atom stereocenters. The van der Waals surface area contributed by atoms with Gasteiger partial charge in [0.15, 0.2) is 11.2 Å². The van der Waals surface area contributed by atoms with Gasteiger partial charge in [0.1, 0.15) is 18.4 Å². The molecule has 4 rings (SSSR count). The lowest BCUT2D eigenvalue weighted by molar-refractivity contribution is -0.216. The molecule has 2 aromatic heterocycles. The summed E-state index contributed by atoms with van der Waals surface area (Å²) in [5.41, 5.74) is -1.05. The van der Waals surface area contributed by atoms with Gasteiger partial charge in [0.05, 0.1) is 18.5 Å². The van der Waals surface area contributed by atoms with Crippen LogP contribution in [0.5, 0.6) is 0 Å². The lowest BCUT2D eigenvalue weighted by Gasteiger charge is -2.46. The summed E-state index contributed by atoms with van der Waals surface area (Å²) in [6.07, 6.45) is 0.722. The number of nitrogens with zero attached hydrogens (tertiary/aromatic N) is 4. The first kappa shape index (κ1) is 26.5. The molecule has 2 atom stereocenters. The highest BCUT2D eigenvalue weighted by Gasteiger charge is 2.43. The predicted octanol–water partition coefficient (Wildman–Crippen LogP) is 1.54. The molecule has 0 radical (unpaired) electrons. The van der Waals surface area contributed by atoms with Crippen molar-refractivity contribution in [1.29, 1.82) is 0 Å². The minimum absolute atomic E-state index is 0.000289. The average molecular weight is 513 g/mol. The number of rotatable bonds is 8. The van der Waals surface area contributed by atoms with Gasteiger partial charge in [-0.2, -0.15) is 4.98 Å². The second-order valence-electron chi connectivity index (χ2n) is 9.76. The third kappa shape index (κ3) is 5.71. The Hall–Kier alpha value is -3.61. The maximum Gasteiger partial charge on any atom is 0.338 e. The number of nitrogens with one attached hydrogen (secondary N) is 2. The van der Waals surface area contributed by atoms with E-state index in [-0.39, 0.29) is 41.6 Å². The summed E-state index contributed by atoms with van der Waals surface area (Å²) in [5.74, 6) is -1.13. The molecule has 37 heavy (non-hydrogen) atoms. The van der Waals surface area contributed by atoms with Crippen molar-refractivity contribution < 1.29 is 24.2 Å². The summed E-state index contributed by atoms with van der Waals surface area (Å²) in [7, 11) is 0. The second-order valence-corrected chi connectivity index (χ2v) is 9.76. The van der Waals surface area contributed by atoms with E-state index in [4.69, 9.17) is 9.47 Å². The number of carbonyl (C=O) groups is 2. The number of aliphatic hydroxyl groups is 1. The largest absolute Gasteiger partial charge is 0.459 e. The molecule has 1 aliphatic heterocycles. The van der Waals surface area contributed by atoms with Crippen LogP contribution in [0.2, 0.25) is 0 Å². The van der Waals surface area contributed by atoms with Crippen molar-refractivity contribution in [3.8, 4) is 0 Å². The molecule has 12 heteroatoms. The molecule has 0 spiro atoms. The van der Waals surface area contributed by atoms with E-state index in [1.165, 1.54) is 6.33 Å². The smallest absolute Gasteiger partial charge is 0.338 e. The van der Waals surface area contributed by atoms with Crippen LogP contribution in [0.15, 0.2) is 41.5 Å². The highest BCUT2D eigenvalue weighted by atomic mass is 16.6. The monoisotopic (exact) mass is 512 g/mol. The molecular formula is C25H32N6O6. The maximum absolute atomic E-state index is 12.6. The average Bonchev–Trinajstić information content (AvgIpc) is 3.32. The molecule has 1 aromatic carbocycles. The molecule has 3 N–H and O–H groups in total. The van der Waals surface area contributed by atoms with Crippen molar-refractivity contribution >= 4 is 29.0 Å². The first-order valence-corrected chi connectivity index (χ1v) is 12.1. The summed E-state index contributed by atoms with van der Waals surface area (Å²) < 4.78 is 13.5. The number of carbonyl (C=O) groups excluding carboxylic acids is 2. The lowest BCUT2D eigenvalue weighted by atomic mass is 10.0. The number of hydrogen-bond acceptors (Lipinski definition) is 9. The number of morpholine rings is 1. The first-order valence-electron chi connectivity index (χ1n) is 12.1.